The fourth-order valence-corrected chi connectivity index (χ4v) is 2.97. The Balaban J connectivity index is 1.64. The third kappa shape index (κ3) is 6.04. The van der Waals surface area contributed by atoms with Gasteiger partial charge >= 0.3 is 5.97 Å². The third-order valence-electron chi connectivity index (χ3n) is 4.27. The highest BCUT2D eigenvalue weighted by molar-refractivity contribution is 5.94. The number of aryl methyl sites for hydroxylation is 1. The largest absolute Gasteiger partial charge is 0.453 e. The Morgan fingerprint density at radius 2 is 2.13 bits per heavy atom. The van der Waals surface area contributed by atoms with Crippen molar-refractivity contribution in [3.63, 3.8) is 0 Å². The van der Waals surface area contributed by atoms with Gasteiger partial charge in [-0.1, -0.05) is 37.3 Å². The molecule has 1 fully saturated rings. The number of esters is 1. The van der Waals surface area contributed by atoms with E-state index in [0.717, 1.165) is 18.8 Å². The first-order valence-corrected chi connectivity index (χ1v) is 8.48. The Kier molecular flexibility index (Phi) is 6.62. The number of nitrogens with zero attached hydrogens (tertiary/aromatic N) is 1. The van der Waals surface area contributed by atoms with Gasteiger partial charge in [-0.15, -0.1) is 0 Å². The van der Waals surface area contributed by atoms with E-state index >= 15 is 0 Å². The molecule has 0 spiro atoms. The van der Waals surface area contributed by atoms with E-state index in [1.807, 2.05) is 0 Å². The van der Waals surface area contributed by atoms with Gasteiger partial charge in [0.1, 0.15) is 5.76 Å². The Morgan fingerprint density at radius 3 is 2.78 bits per heavy atom. The third-order valence-corrected chi connectivity index (χ3v) is 4.27. The van der Waals surface area contributed by atoms with Crippen LogP contribution < -0.4 is 5.32 Å². The SMILES string of the molecule is Cc1cc(NC(=O)C(C)OC(=O)CCCC2CCCCC2)no1. The number of rotatable bonds is 7. The highest BCUT2D eigenvalue weighted by Crippen LogP contribution is 2.27. The normalized spacial score (nSPS) is 16.8. The predicted molar refractivity (Wildman–Crippen MR) is 85.8 cm³/mol. The fraction of sp³-hybridized carbons (Fsp3) is 0.706. The molecule has 23 heavy (non-hydrogen) atoms. The molecule has 1 amide bonds. The number of hydrogen-bond donors (Lipinski definition) is 1. The number of amides is 1. The molecule has 1 heterocycles. The summed E-state index contributed by atoms with van der Waals surface area (Å²) in [6.07, 6.45) is 7.98. The highest BCUT2D eigenvalue weighted by Gasteiger charge is 2.19. The van der Waals surface area contributed by atoms with E-state index in [9.17, 15) is 9.59 Å². The Bertz CT molecular complexity index is 520. The number of aromatic nitrogens is 1. The molecule has 6 nitrogen and oxygen atoms in total. The summed E-state index contributed by atoms with van der Waals surface area (Å²) >= 11 is 0. The molecule has 0 radical (unpaired) electrons. The molecular formula is C17H26N2O4. The summed E-state index contributed by atoms with van der Waals surface area (Å²) in [5.74, 6) is 0.965. The second-order valence-corrected chi connectivity index (χ2v) is 6.34. The van der Waals surface area contributed by atoms with Crippen molar-refractivity contribution in [1.29, 1.82) is 0 Å². The lowest BCUT2D eigenvalue weighted by Crippen LogP contribution is -2.30. The van der Waals surface area contributed by atoms with E-state index in [-0.39, 0.29) is 5.97 Å². The lowest BCUT2D eigenvalue weighted by atomic mass is 9.86. The molecule has 6 heteroatoms. The first-order valence-electron chi connectivity index (χ1n) is 8.48. The summed E-state index contributed by atoms with van der Waals surface area (Å²) in [5, 5.41) is 6.23. The molecule has 0 saturated heterocycles. The first-order chi connectivity index (χ1) is 11.0. The van der Waals surface area contributed by atoms with Crippen molar-refractivity contribution >= 4 is 17.7 Å². The summed E-state index contributed by atoms with van der Waals surface area (Å²) in [5.41, 5.74) is 0. The lowest BCUT2D eigenvalue weighted by molar-refractivity contribution is -0.153. The van der Waals surface area contributed by atoms with Crippen LogP contribution >= 0.6 is 0 Å². The molecule has 1 aliphatic carbocycles. The number of ether oxygens (including phenoxy) is 1. The molecule has 2 rings (SSSR count). The van der Waals surface area contributed by atoms with Gasteiger partial charge in [0.25, 0.3) is 5.91 Å². The molecule has 1 aromatic rings. The van der Waals surface area contributed by atoms with Crippen LogP contribution in [0.3, 0.4) is 0 Å². The maximum absolute atomic E-state index is 11.9. The van der Waals surface area contributed by atoms with E-state index in [1.54, 1.807) is 19.9 Å². The molecule has 1 aromatic heterocycles. The molecule has 128 valence electrons. The van der Waals surface area contributed by atoms with Gasteiger partial charge in [0, 0.05) is 12.5 Å². The fourth-order valence-electron chi connectivity index (χ4n) is 2.97. The second-order valence-electron chi connectivity index (χ2n) is 6.34. The minimum absolute atomic E-state index is 0.320. The van der Waals surface area contributed by atoms with Crippen molar-refractivity contribution in [2.75, 3.05) is 5.32 Å². The van der Waals surface area contributed by atoms with Crippen molar-refractivity contribution in [3.8, 4) is 0 Å². The van der Waals surface area contributed by atoms with Crippen molar-refractivity contribution < 1.29 is 18.8 Å². The zero-order valence-electron chi connectivity index (χ0n) is 14.0. The Hall–Kier alpha value is -1.85. The quantitative estimate of drug-likeness (QED) is 0.776. The zero-order valence-corrected chi connectivity index (χ0v) is 14.0. The van der Waals surface area contributed by atoms with Gasteiger partial charge in [0.15, 0.2) is 11.9 Å². The summed E-state index contributed by atoms with van der Waals surface area (Å²) in [6.45, 7) is 3.29. The van der Waals surface area contributed by atoms with Crippen LogP contribution in [0.25, 0.3) is 0 Å². The number of carbonyl (C=O) groups excluding carboxylic acids is 2. The average molecular weight is 322 g/mol. The van der Waals surface area contributed by atoms with Gasteiger partial charge in [-0.2, -0.15) is 0 Å². The van der Waals surface area contributed by atoms with Crippen LogP contribution in [0.5, 0.6) is 0 Å². The smallest absolute Gasteiger partial charge is 0.306 e. The van der Waals surface area contributed by atoms with Crippen molar-refractivity contribution in [3.05, 3.63) is 11.8 Å². The van der Waals surface area contributed by atoms with Crippen LogP contribution in [-0.2, 0) is 14.3 Å². The highest BCUT2D eigenvalue weighted by atomic mass is 16.5. The van der Waals surface area contributed by atoms with Crippen molar-refractivity contribution in [2.45, 2.75) is 71.3 Å². The maximum atomic E-state index is 11.9. The van der Waals surface area contributed by atoms with Gasteiger partial charge in [0.05, 0.1) is 0 Å². The van der Waals surface area contributed by atoms with Crippen molar-refractivity contribution in [2.24, 2.45) is 5.92 Å². The first kappa shape index (κ1) is 17.5. The van der Waals surface area contributed by atoms with Gasteiger partial charge in [0.2, 0.25) is 0 Å². The minimum atomic E-state index is -0.839. The van der Waals surface area contributed by atoms with E-state index in [2.05, 4.69) is 10.5 Å². The minimum Gasteiger partial charge on any atom is -0.453 e. The molecule has 0 bridgehead atoms. The molecule has 0 aliphatic heterocycles. The average Bonchev–Trinajstić information content (AvgIpc) is 2.93. The Morgan fingerprint density at radius 1 is 1.39 bits per heavy atom. The standard InChI is InChI=1S/C17H26N2O4/c1-12-11-15(19-23-12)18-17(21)13(2)22-16(20)10-6-9-14-7-4-3-5-8-14/h11,13-14H,3-10H2,1-2H3,(H,18,19,21). The second kappa shape index (κ2) is 8.70. The molecule has 0 aromatic carbocycles. The van der Waals surface area contributed by atoms with Crippen LogP contribution in [0.2, 0.25) is 0 Å². The van der Waals surface area contributed by atoms with Crippen LogP contribution in [-0.4, -0.2) is 23.1 Å². The summed E-state index contributed by atoms with van der Waals surface area (Å²) < 4.78 is 10.0. The number of nitrogens with one attached hydrogen (secondary N) is 1. The number of carbonyl (C=O) groups is 2. The Labute approximate surface area is 136 Å². The molecule has 1 N–H and O–H groups in total. The topological polar surface area (TPSA) is 81.4 Å². The molecular weight excluding hydrogens is 296 g/mol. The summed E-state index contributed by atoms with van der Waals surface area (Å²) in [7, 11) is 0. The molecule has 1 saturated carbocycles. The van der Waals surface area contributed by atoms with Crippen LogP contribution in [0.1, 0.15) is 64.1 Å². The predicted octanol–water partition coefficient (Wildman–Crippen LogP) is 3.60. The van der Waals surface area contributed by atoms with Gasteiger partial charge in [-0.25, -0.2) is 0 Å². The summed E-state index contributed by atoms with van der Waals surface area (Å²) in [4.78, 5) is 23.7. The summed E-state index contributed by atoms with van der Waals surface area (Å²) in [6, 6.07) is 1.61. The lowest BCUT2D eigenvalue weighted by Gasteiger charge is -2.21. The van der Waals surface area contributed by atoms with Gasteiger partial charge in [-0.3, -0.25) is 9.59 Å². The molecule has 1 atom stereocenters. The number of hydrogen-bond acceptors (Lipinski definition) is 5. The van der Waals surface area contributed by atoms with Crippen molar-refractivity contribution in [1.82, 2.24) is 5.16 Å². The number of anilines is 1. The van der Waals surface area contributed by atoms with E-state index in [1.165, 1.54) is 32.1 Å². The van der Waals surface area contributed by atoms with Gasteiger partial charge in [-0.05, 0) is 32.6 Å². The zero-order chi connectivity index (χ0) is 16.7. The van der Waals surface area contributed by atoms with Crippen LogP contribution in [0, 0.1) is 12.8 Å². The van der Waals surface area contributed by atoms with E-state index in [0.29, 0.717) is 18.0 Å². The van der Waals surface area contributed by atoms with Crippen LogP contribution in [0.4, 0.5) is 5.82 Å². The molecule has 1 unspecified atom stereocenters. The van der Waals surface area contributed by atoms with E-state index in [4.69, 9.17) is 9.26 Å². The maximum Gasteiger partial charge on any atom is 0.306 e. The van der Waals surface area contributed by atoms with E-state index < -0.39 is 12.0 Å². The molecule has 1 aliphatic rings. The van der Waals surface area contributed by atoms with Gasteiger partial charge < -0.3 is 14.6 Å². The van der Waals surface area contributed by atoms with Crippen LogP contribution in [0.15, 0.2) is 10.6 Å². The monoisotopic (exact) mass is 322 g/mol.